The molecule has 3 rings (SSSR count). The Hall–Kier alpha value is -3.72. The summed E-state index contributed by atoms with van der Waals surface area (Å²) in [7, 11) is 1.71. The number of nitrogens with zero attached hydrogens (tertiary/aromatic N) is 1. The summed E-state index contributed by atoms with van der Waals surface area (Å²) in [5.74, 6) is -0.618. The van der Waals surface area contributed by atoms with E-state index >= 15 is 0 Å². The van der Waals surface area contributed by atoms with Crippen molar-refractivity contribution in [2.45, 2.75) is 160 Å². The zero-order valence-electron chi connectivity index (χ0n) is 33.0. The van der Waals surface area contributed by atoms with Crippen LogP contribution in [-0.4, -0.2) is 66.8 Å². The molecule has 1 fully saturated rings. The van der Waals surface area contributed by atoms with Gasteiger partial charge in [-0.05, 0) is 63.6 Å². The standard InChI is InChI=1S/C44H69N5O4/c1-4-5-6-7-8-9-10-11-12-13-14-15-22-32-40(50)46-33-24-23-30-38(47-42(51)35(2)45-3)44(53)49-34-25-31-39(49)43(52)48-41(36-26-18-16-19-27-36)37-28-20-17-21-29-37/h16-21,26-29,35,38-39,41,45H,4-15,22-25,30-34H2,1-3H3,(H,46,50)(H,47,51)(H,48,52)/t35-,38-,39-/m0/s1. The summed E-state index contributed by atoms with van der Waals surface area (Å²) < 4.78 is 0. The molecule has 4 N–H and O–H groups in total. The van der Waals surface area contributed by atoms with Gasteiger partial charge in [0, 0.05) is 19.5 Å². The van der Waals surface area contributed by atoms with Crippen molar-refractivity contribution in [3.8, 4) is 0 Å². The largest absolute Gasteiger partial charge is 0.356 e. The van der Waals surface area contributed by atoms with Crippen LogP contribution in [0.1, 0.15) is 153 Å². The predicted molar refractivity (Wildman–Crippen MR) is 215 cm³/mol. The molecule has 4 amide bonds. The van der Waals surface area contributed by atoms with Gasteiger partial charge in [0.1, 0.15) is 12.1 Å². The molecule has 294 valence electrons. The van der Waals surface area contributed by atoms with Gasteiger partial charge in [-0.2, -0.15) is 0 Å². The third-order valence-electron chi connectivity index (χ3n) is 10.6. The maximum Gasteiger partial charge on any atom is 0.245 e. The number of amides is 4. The van der Waals surface area contributed by atoms with E-state index in [9.17, 15) is 19.2 Å². The van der Waals surface area contributed by atoms with Crippen molar-refractivity contribution in [2.75, 3.05) is 20.1 Å². The topological polar surface area (TPSA) is 120 Å². The summed E-state index contributed by atoms with van der Waals surface area (Å²) in [6.07, 6.45) is 20.2. The molecule has 0 radical (unpaired) electrons. The van der Waals surface area contributed by atoms with E-state index in [0.717, 1.165) is 24.0 Å². The predicted octanol–water partition coefficient (Wildman–Crippen LogP) is 7.74. The van der Waals surface area contributed by atoms with Gasteiger partial charge in [-0.1, -0.05) is 145 Å². The lowest BCUT2D eigenvalue weighted by Gasteiger charge is -2.30. The van der Waals surface area contributed by atoms with E-state index in [1.165, 1.54) is 70.6 Å². The number of benzene rings is 2. The van der Waals surface area contributed by atoms with Crippen molar-refractivity contribution in [3.63, 3.8) is 0 Å². The number of rotatable bonds is 27. The highest BCUT2D eigenvalue weighted by Crippen LogP contribution is 2.25. The Kier molecular flexibility index (Phi) is 21.5. The summed E-state index contributed by atoms with van der Waals surface area (Å²) in [4.78, 5) is 54.9. The number of hydrogen-bond acceptors (Lipinski definition) is 5. The number of unbranched alkanes of at least 4 members (excludes halogenated alkanes) is 13. The average molecular weight is 732 g/mol. The lowest BCUT2D eigenvalue weighted by atomic mass is 9.98. The first kappa shape index (κ1) is 43.7. The average Bonchev–Trinajstić information content (AvgIpc) is 3.68. The fraction of sp³-hybridized carbons (Fsp3) is 0.636. The van der Waals surface area contributed by atoms with Crippen LogP contribution in [0, 0.1) is 0 Å². The smallest absolute Gasteiger partial charge is 0.245 e. The van der Waals surface area contributed by atoms with Gasteiger partial charge in [-0.15, -0.1) is 0 Å². The second-order valence-corrected chi connectivity index (χ2v) is 14.9. The molecule has 1 heterocycles. The van der Waals surface area contributed by atoms with Crippen LogP contribution in [0.25, 0.3) is 0 Å². The van der Waals surface area contributed by atoms with Crippen LogP contribution in [-0.2, 0) is 19.2 Å². The van der Waals surface area contributed by atoms with Crippen LogP contribution in [0.3, 0.4) is 0 Å². The summed E-state index contributed by atoms with van der Waals surface area (Å²) in [6.45, 7) is 5.01. The lowest BCUT2D eigenvalue weighted by molar-refractivity contribution is -0.142. The second-order valence-electron chi connectivity index (χ2n) is 14.9. The molecule has 9 heteroatoms. The Morgan fingerprint density at radius 2 is 1.26 bits per heavy atom. The van der Waals surface area contributed by atoms with E-state index in [4.69, 9.17) is 0 Å². The molecule has 2 aromatic carbocycles. The van der Waals surface area contributed by atoms with Crippen LogP contribution in [0.4, 0.5) is 0 Å². The van der Waals surface area contributed by atoms with Gasteiger partial charge in [-0.25, -0.2) is 0 Å². The van der Waals surface area contributed by atoms with Crippen molar-refractivity contribution in [1.29, 1.82) is 0 Å². The first-order valence-electron chi connectivity index (χ1n) is 20.8. The van der Waals surface area contributed by atoms with Crippen molar-refractivity contribution >= 4 is 23.6 Å². The third kappa shape index (κ3) is 16.5. The molecular formula is C44H69N5O4. The van der Waals surface area contributed by atoms with E-state index in [2.05, 4.69) is 28.2 Å². The van der Waals surface area contributed by atoms with Gasteiger partial charge in [0.15, 0.2) is 0 Å². The molecule has 0 aliphatic carbocycles. The van der Waals surface area contributed by atoms with Crippen molar-refractivity contribution in [1.82, 2.24) is 26.2 Å². The molecule has 1 aliphatic rings. The third-order valence-corrected chi connectivity index (χ3v) is 10.6. The molecule has 0 bridgehead atoms. The maximum absolute atomic E-state index is 14.0. The van der Waals surface area contributed by atoms with Gasteiger partial charge < -0.3 is 26.2 Å². The molecule has 9 nitrogen and oxygen atoms in total. The van der Waals surface area contributed by atoms with E-state index in [1.54, 1.807) is 18.9 Å². The van der Waals surface area contributed by atoms with Gasteiger partial charge in [0.2, 0.25) is 23.6 Å². The molecule has 0 unspecified atom stereocenters. The summed E-state index contributed by atoms with van der Waals surface area (Å²) >= 11 is 0. The molecule has 3 atom stereocenters. The van der Waals surface area contributed by atoms with Crippen LogP contribution in [0.2, 0.25) is 0 Å². The Morgan fingerprint density at radius 3 is 1.81 bits per heavy atom. The molecule has 1 aliphatic heterocycles. The lowest BCUT2D eigenvalue weighted by Crippen LogP contribution is -2.55. The van der Waals surface area contributed by atoms with Crippen molar-refractivity contribution in [3.05, 3.63) is 71.8 Å². The highest BCUT2D eigenvalue weighted by molar-refractivity contribution is 5.93. The van der Waals surface area contributed by atoms with Crippen molar-refractivity contribution < 1.29 is 19.2 Å². The van der Waals surface area contributed by atoms with Gasteiger partial charge in [-0.3, -0.25) is 19.2 Å². The fourth-order valence-corrected chi connectivity index (χ4v) is 7.17. The van der Waals surface area contributed by atoms with E-state index in [-0.39, 0.29) is 29.7 Å². The summed E-state index contributed by atoms with van der Waals surface area (Å²) in [6, 6.07) is 17.5. The number of likely N-dealkylation sites (N-methyl/N-ethyl adjacent to an activating group) is 1. The first-order valence-corrected chi connectivity index (χ1v) is 20.8. The first-order chi connectivity index (χ1) is 25.8. The number of carbonyl (C=O) groups excluding carboxylic acids is 4. The SMILES string of the molecule is CCCCCCCCCCCCCCCC(=O)NCCCC[C@H](NC(=O)[C@H](C)NC)C(=O)N1CCC[C@H]1C(=O)NC(c1ccccc1)c1ccccc1. The molecular weight excluding hydrogens is 663 g/mol. The Morgan fingerprint density at radius 1 is 0.717 bits per heavy atom. The van der Waals surface area contributed by atoms with Gasteiger partial charge in [0.25, 0.3) is 0 Å². The zero-order valence-corrected chi connectivity index (χ0v) is 33.0. The molecule has 1 saturated heterocycles. The minimum atomic E-state index is -0.757. The minimum Gasteiger partial charge on any atom is -0.356 e. The van der Waals surface area contributed by atoms with Crippen LogP contribution >= 0.6 is 0 Å². The highest BCUT2D eigenvalue weighted by atomic mass is 16.2. The number of likely N-dealkylation sites (tertiary alicyclic amines) is 1. The number of hydrogen-bond donors (Lipinski definition) is 4. The molecule has 53 heavy (non-hydrogen) atoms. The summed E-state index contributed by atoms with van der Waals surface area (Å²) in [5, 5.41) is 12.2. The molecule has 0 aromatic heterocycles. The Bertz CT molecular complexity index is 1280. The maximum atomic E-state index is 14.0. The highest BCUT2D eigenvalue weighted by Gasteiger charge is 2.38. The van der Waals surface area contributed by atoms with E-state index in [1.807, 2.05) is 60.7 Å². The summed E-state index contributed by atoms with van der Waals surface area (Å²) in [5.41, 5.74) is 1.93. The Balaban J connectivity index is 1.43. The fourth-order valence-electron chi connectivity index (χ4n) is 7.17. The number of nitrogens with one attached hydrogen (secondary N) is 4. The quantitative estimate of drug-likeness (QED) is 0.0702. The molecule has 0 saturated carbocycles. The number of carbonyl (C=O) groups is 4. The van der Waals surface area contributed by atoms with Crippen LogP contribution in [0.5, 0.6) is 0 Å². The minimum absolute atomic E-state index is 0.0760. The van der Waals surface area contributed by atoms with Gasteiger partial charge >= 0.3 is 0 Å². The monoisotopic (exact) mass is 732 g/mol. The van der Waals surface area contributed by atoms with E-state index in [0.29, 0.717) is 51.6 Å². The normalized spacial score (nSPS) is 15.2. The zero-order chi connectivity index (χ0) is 38.1. The van der Waals surface area contributed by atoms with Crippen LogP contribution in [0.15, 0.2) is 60.7 Å². The van der Waals surface area contributed by atoms with E-state index < -0.39 is 18.1 Å². The molecule has 2 aromatic rings. The van der Waals surface area contributed by atoms with Crippen molar-refractivity contribution in [2.24, 2.45) is 0 Å². The van der Waals surface area contributed by atoms with Gasteiger partial charge in [0.05, 0.1) is 12.1 Å². The Labute approximate surface area is 320 Å². The molecule has 0 spiro atoms. The van der Waals surface area contributed by atoms with Crippen LogP contribution < -0.4 is 21.3 Å². The second kappa shape index (κ2) is 26.1.